The Labute approximate surface area is 174 Å². The molecular formula is C22H23ClN2O2S. The van der Waals surface area contributed by atoms with Crippen molar-refractivity contribution >= 4 is 34.0 Å². The second-order valence-electron chi connectivity index (χ2n) is 6.78. The molecule has 1 N–H and O–H groups in total. The molecule has 3 aromatic rings. The van der Waals surface area contributed by atoms with Crippen molar-refractivity contribution in [2.75, 3.05) is 11.9 Å². The summed E-state index contributed by atoms with van der Waals surface area (Å²) in [4.78, 5) is 16.6. The molecule has 0 spiro atoms. The van der Waals surface area contributed by atoms with Gasteiger partial charge in [0.15, 0.2) is 5.13 Å². The Balaban J connectivity index is 1.45. The van der Waals surface area contributed by atoms with Crippen LogP contribution in [0.1, 0.15) is 29.5 Å². The average Bonchev–Trinajstić information content (AvgIpc) is 3.12. The summed E-state index contributed by atoms with van der Waals surface area (Å²) in [7, 11) is 0. The van der Waals surface area contributed by atoms with Gasteiger partial charge in [0, 0.05) is 22.4 Å². The van der Waals surface area contributed by atoms with Gasteiger partial charge in [-0.25, -0.2) is 4.98 Å². The van der Waals surface area contributed by atoms with Crippen LogP contribution in [-0.4, -0.2) is 17.5 Å². The molecule has 0 saturated carbocycles. The number of rotatable bonds is 7. The Morgan fingerprint density at radius 2 is 1.82 bits per heavy atom. The number of carbonyl (C=O) groups excluding carboxylic acids is 1. The van der Waals surface area contributed by atoms with Crippen molar-refractivity contribution < 1.29 is 9.53 Å². The van der Waals surface area contributed by atoms with Crippen LogP contribution in [0.5, 0.6) is 5.75 Å². The zero-order valence-corrected chi connectivity index (χ0v) is 17.8. The number of nitrogens with zero attached hydrogens (tertiary/aromatic N) is 1. The topological polar surface area (TPSA) is 51.2 Å². The van der Waals surface area contributed by atoms with Crippen molar-refractivity contribution in [3.63, 3.8) is 0 Å². The summed E-state index contributed by atoms with van der Waals surface area (Å²) < 4.78 is 5.74. The minimum Gasteiger partial charge on any atom is -0.494 e. The standard InChI is InChI=1S/C22H23ClN2O2S/c1-14-6-8-17(9-7-14)19-13-28-22(24-19)25-20(26)5-4-10-27-18-11-15(2)21(23)16(3)12-18/h6-9,11-13H,4-5,10H2,1-3H3,(H,24,25,26). The van der Waals surface area contributed by atoms with Gasteiger partial charge in [-0.2, -0.15) is 0 Å². The van der Waals surface area contributed by atoms with Crippen LogP contribution in [0.2, 0.25) is 5.02 Å². The molecule has 6 heteroatoms. The van der Waals surface area contributed by atoms with E-state index in [-0.39, 0.29) is 5.91 Å². The fraction of sp³-hybridized carbons (Fsp3) is 0.273. The number of hydrogen-bond acceptors (Lipinski definition) is 4. The molecule has 0 atom stereocenters. The monoisotopic (exact) mass is 414 g/mol. The largest absolute Gasteiger partial charge is 0.494 e. The Hall–Kier alpha value is -2.37. The second kappa shape index (κ2) is 9.22. The van der Waals surface area contributed by atoms with Gasteiger partial charge in [0.2, 0.25) is 5.91 Å². The van der Waals surface area contributed by atoms with Gasteiger partial charge in [-0.05, 0) is 50.5 Å². The highest BCUT2D eigenvalue weighted by Gasteiger charge is 2.09. The number of thiazole rings is 1. The van der Waals surface area contributed by atoms with Crippen LogP contribution >= 0.6 is 22.9 Å². The first-order valence-electron chi connectivity index (χ1n) is 9.14. The molecule has 0 aliphatic carbocycles. The lowest BCUT2D eigenvalue weighted by Crippen LogP contribution is -2.12. The van der Waals surface area contributed by atoms with Crippen molar-refractivity contribution in [3.8, 4) is 17.0 Å². The number of halogens is 1. The van der Waals surface area contributed by atoms with Crippen LogP contribution in [0, 0.1) is 20.8 Å². The Kier molecular flexibility index (Phi) is 6.70. The molecular weight excluding hydrogens is 392 g/mol. The molecule has 0 aliphatic heterocycles. The van der Waals surface area contributed by atoms with E-state index in [4.69, 9.17) is 16.3 Å². The summed E-state index contributed by atoms with van der Waals surface area (Å²) in [6, 6.07) is 12.0. The Bertz CT molecular complexity index is 944. The first-order valence-corrected chi connectivity index (χ1v) is 10.4. The number of carbonyl (C=O) groups is 1. The fourth-order valence-corrected chi connectivity index (χ4v) is 3.63. The molecule has 3 rings (SSSR count). The smallest absolute Gasteiger partial charge is 0.226 e. The maximum Gasteiger partial charge on any atom is 0.226 e. The minimum absolute atomic E-state index is 0.0585. The third-order valence-electron chi connectivity index (χ3n) is 4.32. The number of nitrogens with one attached hydrogen (secondary N) is 1. The highest BCUT2D eigenvalue weighted by atomic mass is 35.5. The van der Waals surface area contributed by atoms with E-state index in [1.165, 1.54) is 16.9 Å². The van der Waals surface area contributed by atoms with E-state index in [0.717, 1.165) is 33.2 Å². The van der Waals surface area contributed by atoms with Crippen LogP contribution < -0.4 is 10.1 Å². The fourth-order valence-electron chi connectivity index (χ4n) is 2.78. The summed E-state index contributed by atoms with van der Waals surface area (Å²) >= 11 is 7.59. The number of aryl methyl sites for hydroxylation is 3. The number of hydrogen-bond donors (Lipinski definition) is 1. The number of anilines is 1. The molecule has 0 fully saturated rings. The van der Waals surface area contributed by atoms with Crippen molar-refractivity contribution in [2.24, 2.45) is 0 Å². The maximum atomic E-state index is 12.1. The zero-order valence-electron chi connectivity index (χ0n) is 16.2. The molecule has 0 saturated heterocycles. The SMILES string of the molecule is Cc1ccc(-c2csc(NC(=O)CCCOc3cc(C)c(Cl)c(C)c3)n2)cc1. The highest BCUT2D eigenvalue weighted by molar-refractivity contribution is 7.14. The van der Waals surface area contributed by atoms with Crippen molar-refractivity contribution in [3.05, 3.63) is 63.5 Å². The molecule has 28 heavy (non-hydrogen) atoms. The predicted molar refractivity (Wildman–Crippen MR) is 117 cm³/mol. The van der Waals surface area contributed by atoms with Gasteiger partial charge in [0.1, 0.15) is 5.75 Å². The number of benzene rings is 2. The molecule has 0 unspecified atom stereocenters. The molecule has 146 valence electrons. The predicted octanol–water partition coefficient (Wildman–Crippen LogP) is 6.19. The quantitative estimate of drug-likeness (QED) is 0.469. The molecule has 1 aromatic heterocycles. The van der Waals surface area contributed by atoms with Crippen molar-refractivity contribution in [1.29, 1.82) is 0 Å². The van der Waals surface area contributed by atoms with Gasteiger partial charge in [0.05, 0.1) is 12.3 Å². The maximum absolute atomic E-state index is 12.1. The molecule has 0 aliphatic rings. The normalized spacial score (nSPS) is 10.7. The summed E-state index contributed by atoms with van der Waals surface area (Å²) in [6.07, 6.45) is 1.01. The lowest BCUT2D eigenvalue weighted by Gasteiger charge is -2.09. The lowest BCUT2D eigenvalue weighted by molar-refractivity contribution is -0.116. The van der Waals surface area contributed by atoms with Gasteiger partial charge in [-0.3, -0.25) is 4.79 Å². The van der Waals surface area contributed by atoms with E-state index in [1.807, 2.05) is 43.5 Å². The molecule has 0 bridgehead atoms. The Morgan fingerprint density at radius 3 is 2.50 bits per heavy atom. The molecule has 1 amide bonds. The highest BCUT2D eigenvalue weighted by Crippen LogP contribution is 2.26. The summed E-state index contributed by atoms with van der Waals surface area (Å²) in [6.45, 7) is 6.43. The summed E-state index contributed by atoms with van der Waals surface area (Å²) in [5.41, 5.74) is 5.10. The van der Waals surface area contributed by atoms with E-state index in [1.54, 1.807) is 0 Å². The first-order chi connectivity index (χ1) is 13.4. The van der Waals surface area contributed by atoms with Crippen LogP contribution in [0.15, 0.2) is 41.8 Å². The van der Waals surface area contributed by atoms with Gasteiger partial charge < -0.3 is 10.1 Å². The van der Waals surface area contributed by atoms with Crippen molar-refractivity contribution in [1.82, 2.24) is 4.98 Å². The second-order valence-corrected chi connectivity index (χ2v) is 8.01. The third-order valence-corrected chi connectivity index (χ3v) is 5.68. The van der Waals surface area contributed by atoms with Crippen LogP contribution in [0.3, 0.4) is 0 Å². The van der Waals surface area contributed by atoms with E-state index >= 15 is 0 Å². The first kappa shape index (κ1) is 20.4. The van der Waals surface area contributed by atoms with Crippen molar-refractivity contribution in [2.45, 2.75) is 33.6 Å². The number of aromatic nitrogens is 1. The van der Waals surface area contributed by atoms with E-state index in [0.29, 0.717) is 24.6 Å². The Morgan fingerprint density at radius 1 is 1.14 bits per heavy atom. The third kappa shape index (κ3) is 5.33. The summed E-state index contributed by atoms with van der Waals surface area (Å²) in [5.74, 6) is 0.722. The lowest BCUT2D eigenvalue weighted by atomic mass is 10.1. The van der Waals surface area contributed by atoms with Gasteiger partial charge >= 0.3 is 0 Å². The average molecular weight is 415 g/mol. The molecule has 4 nitrogen and oxygen atoms in total. The van der Waals surface area contributed by atoms with Crippen LogP contribution in [0.4, 0.5) is 5.13 Å². The van der Waals surface area contributed by atoms with Crippen LogP contribution in [0.25, 0.3) is 11.3 Å². The minimum atomic E-state index is -0.0585. The summed E-state index contributed by atoms with van der Waals surface area (Å²) in [5, 5.41) is 6.20. The number of amides is 1. The van der Waals surface area contributed by atoms with Gasteiger partial charge in [-0.1, -0.05) is 41.4 Å². The van der Waals surface area contributed by atoms with E-state index in [9.17, 15) is 4.79 Å². The molecule has 2 aromatic carbocycles. The van der Waals surface area contributed by atoms with Gasteiger partial charge in [-0.15, -0.1) is 11.3 Å². The van der Waals surface area contributed by atoms with Crippen LogP contribution in [-0.2, 0) is 4.79 Å². The van der Waals surface area contributed by atoms with E-state index in [2.05, 4.69) is 29.4 Å². The molecule has 0 radical (unpaired) electrons. The zero-order chi connectivity index (χ0) is 20.1. The van der Waals surface area contributed by atoms with E-state index < -0.39 is 0 Å². The molecule has 1 heterocycles. The van der Waals surface area contributed by atoms with Gasteiger partial charge in [0.25, 0.3) is 0 Å². The number of ether oxygens (including phenoxy) is 1.